The van der Waals surface area contributed by atoms with Gasteiger partial charge < -0.3 is 4.42 Å². The molecule has 0 radical (unpaired) electrons. The van der Waals surface area contributed by atoms with Gasteiger partial charge in [0.15, 0.2) is 21.4 Å². The first kappa shape index (κ1) is 16.9. The summed E-state index contributed by atoms with van der Waals surface area (Å²) < 4.78 is 31.2. The third kappa shape index (κ3) is 3.14. The molecule has 1 aliphatic rings. The molecule has 0 N–H and O–H groups in total. The van der Waals surface area contributed by atoms with Crippen molar-refractivity contribution in [1.29, 1.82) is 0 Å². The molecule has 9 heteroatoms. The first-order valence-corrected chi connectivity index (χ1v) is 10.2. The van der Waals surface area contributed by atoms with Crippen LogP contribution in [0.25, 0.3) is 23.1 Å². The fourth-order valence-electron chi connectivity index (χ4n) is 3.21. The molecule has 4 heterocycles. The first-order valence-electron chi connectivity index (χ1n) is 8.37. The minimum Gasteiger partial charge on any atom is -0.458 e. The van der Waals surface area contributed by atoms with E-state index in [0.29, 0.717) is 35.3 Å². The van der Waals surface area contributed by atoms with Gasteiger partial charge in [-0.05, 0) is 45.4 Å². The normalized spacial score (nSPS) is 19.1. The van der Waals surface area contributed by atoms with Gasteiger partial charge in [-0.25, -0.2) is 28.1 Å². The van der Waals surface area contributed by atoms with Crippen LogP contribution in [0.4, 0.5) is 0 Å². The topological polar surface area (TPSA) is 104 Å². The Hall–Kier alpha value is -2.55. The molecule has 1 atom stereocenters. The lowest BCUT2D eigenvalue weighted by Gasteiger charge is -2.11. The van der Waals surface area contributed by atoms with Gasteiger partial charge in [0, 0.05) is 5.69 Å². The Morgan fingerprint density at radius 1 is 1.15 bits per heavy atom. The van der Waals surface area contributed by atoms with E-state index in [4.69, 9.17) is 4.42 Å². The number of aryl methyl sites for hydroxylation is 3. The molecule has 3 aromatic rings. The monoisotopic (exact) mass is 373 g/mol. The van der Waals surface area contributed by atoms with E-state index in [9.17, 15) is 8.42 Å². The second kappa shape index (κ2) is 6.01. The number of furan rings is 1. The Labute approximate surface area is 151 Å². The summed E-state index contributed by atoms with van der Waals surface area (Å²) in [4.78, 5) is 13.4. The van der Waals surface area contributed by atoms with Gasteiger partial charge in [0.1, 0.15) is 17.3 Å². The minimum atomic E-state index is -3.05. The summed E-state index contributed by atoms with van der Waals surface area (Å²) in [7, 11) is -3.05. The smallest absolute Gasteiger partial charge is 0.217 e. The lowest BCUT2D eigenvalue weighted by Crippen LogP contribution is -2.14. The molecule has 8 nitrogen and oxygen atoms in total. The third-order valence-corrected chi connectivity index (χ3v) is 6.09. The summed E-state index contributed by atoms with van der Waals surface area (Å²) in [6.07, 6.45) is 0.512. The third-order valence-electron chi connectivity index (χ3n) is 4.34. The molecule has 0 saturated carbocycles. The summed E-state index contributed by atoms with van der Waals surface area (Å²) in [6.45, 7) is 5.55. The standard InChI is InChI=1S/C17H19N5O3S/c1-10-8-14(19-12(3)18-10)17-20-16(15-5-4-11(2)25-15)21-22(17)13-6-7-26(23,24)9-13/h4-5,8,13H,6-7,9H2,1-3H3/t13-/m1/s1. The predicted molar refractivity (Wildman–Crippen MR) is 95.3 cm³/mol. The average Bonchev–Trinajstić information content (AvgIpc) is 3.24. The molecule has 0 aliphatic carbocycles. The molecular formula is C17H19N5O3S. The number of sulfone groups is 1. The van der Waals surface area contributed by atoms with Gasteiger partial charge in [0.25, 0.3) is 0 Å². The van der Waals surface area contributed by atoms with E-state index in [-0.39, 0.29) is 17.5 Å². The SMILES string of the molecule is Cc1cc(-c2nc(-c3ccc(C)o3)nn2[C@@H]2CCS(=O)(=O)C2)nc(C)n1. The largest absolute Gasteiger partial charge is 0.458 e. The summed E-state index contributed by atoms with van der Waals surface area (Å²) >= 11 is 0. The number of rotatable bonds is 3. The van der Waals surface area contributed by atoms with Crippen molar-refractivity contribution in [3.63, 3.8) is 0 Å². The van der Waals surface area contributed by atoms with Gasteiger partial charge in [0.05, 0.1) is 17.5 Å². The zero-order valence-corrected chi connectivity index (χ0v) is 15.6. The van der Waals surface area contributed by atoms with Gasteiger partial charge in [-0.1, -0.05) is 0 Å². The lowest BCUT2D eigenvalue weighted by atomic mass is 10.2. The maximum Gasteiger partial charge on any atom is 0.217 e. The van der Waals surface area contributed by atoms with E-state index < -0.39 is 9.84 Å². The lowest BCUT2D eigenvalue weighted by molar-refractivity contribution is 0.499. The second-order valence-corrected chi connectivity index (χ2v) is 8.84. The Morgan fingerprint density at radius 2 is 1.96 bits per heavy atom. The van der Waals surface area contributed by atoms with Crippen molar-refractivity contribution in [2.45, 2.75) is 33.2 Å². The molecular weight excluding hydrogens is 354 g/mol. The molecule has 1 fully saturated rings. The molecule has 0 aromatic carbocycles. The molecule has 0 spiro atoms. The van der Waals surface area contributed by atoms with Crippen molar-refractivity contribution >= 4 is 9.84 Å². The van der Waals surface area contributed by atoms with Crippen LogP contribution in [0, 0.1) is 20.8 Å². The summed E-state index contributed by atoms with van der Waals surface area (Å²) in [6, 6.07) is 5.21. The Kier molecular flexibility index (Phi) is 3.91. The van der Waals surface area contributed by atoms with Crippen LogP contribution in [0.15, 0.2) is 22.6 Å². The highest BCUT2D eigenvalue weighted by Crippen LogP contribution is 2.30. The van der Waals surface area contributed by atoms with Crippen molar-refractivity contribution in [1.82, 2.24) is 24.7 Å². The molecule has 0 amide bonds. The molecule has 26 heavy (non-hydrogen) atoms. The van der Waals surface area contributed by atoms with Crippen LogP contribution < -0.4 is 0 Å². The molecule has 1 saturated heterocycles. The summed E-state index contributed by atoms with van der Waals surface area (Å²) in [5, 5.41) is 4.56. The maximum atomic E-state index is 11.9. The summed E-state index contributed by atoms with van der Waals surface area (Å²) in [5.74, 6) is 3.11. The van der Waals surface area contributed by atoms with Gasteiger partial charge in [0.2, 0.25) is 5.82 Å². The van der Waals surface area contributed by atoms with Crippen molar-refractivity contribution < 1.29 is 12.8 Å². The van der Waals surface area contributed by atoms with Crippen LogP contribution in [-0.4, -0.2) is 44.7 Å². The van der Waals surface area contributed by atoms with Crippen LogP contribution in [0.5, 0.6) is 0 Å². The highest BCUT2D eigenvalue weighted by atomic mass is 32.2. The zero-order valence-electron chi connectivity index (χ0n) is 14.8. The number of nitrogens with zero attached hydrogens (tertiary/aromatic N) is 5. The number of aromatic nitrogens is 5. The molecule has 0 bridgehead atoms. The fraction of sp³-hybridized carbons (Fsp3) is 0.412. The van der Waals surface area contributed by atoms with E-state index in [1.807, 2.05) is 32.9 Å². The Balaban J connectivity index is 1.86. The van der Waals surface area contributed by atoms with Gasteiger partial charge in [-0.3, -0.25) is 0 Å². The van der Waals surface area contributed by atoms with Crippen LogP contribution in [0.1, 0.15) is 29.7 Å². The molecule has 4 rings (SSSR count). The number of hydrogen-bond acceptors (Lipinski definition) is 7. The molecule has 136 valence electrons. The fourth-order valence-corrected chi connectivity index (χ4v) is 4.90. The van der Waals surface area contributed by atoms with Gasteiger partial charge >= 0.3 is 0 Å². The van der Waals surface area contributed by atoms with E-state index in [1.54, 1.807) is 10.7 Å². The van der Waals surface area contributed by atoms with E-state index in [0.717, 1.165) is 11.5 Å². The van der Waals surface area contributed by atoms with Crippen molar-refractivity contribution in [2.24, 2.45) is 0 Å². The Morgan fingerprint density at radius 3 is 2.58 bits per heavy atom. The van der Waals surface area contributed by atoms with Crippen LogP contribution in [0.2, 0.25) is 0 Å². The molecule has 3 aromatic heterocycles. The van der Waals surface area contributed by atoms with E-state index in [2.05, 4.69) is 20.1 Å². The highest BCUT2D eigenvalue weighted by Gasteiger charge is 2.33. The predicted octanol–water partition coefficient (Wildman–Crippen LogP) is 2.28. The minimum absolute atomic E-state index is 0.0586. The van der Waals surface area contributed by atoms with E-state index in [1.165, 1.54) is 0 Å². The number of hydrogen-bond donors (Lipinski definition) is 0. The van der Waals surface area contributed by atoms with Crippen molar-refractivity contribution in [3.05, 3.63) is 35.5 Å². The summed E-state index contributed by atoms with van der Waals surface area (Å²) in [5.41, 5.74) is 1.44. The maximum absolute atomic E-state index is 11.9. The highest BCUT2D eigenvalue weighted by molar-refractivity contribution is 7.91. The average molecular weight is 373 g/mol. The van der Waals surface area contributed by atoms with E-state index >= 15 is 0 Å². The van der Waals surface area contributed by atoms with Crippen LogP contribution in [-0.2, 0) is 9.84 Å². The second-order valence-electron chi connectivity index (χ2n) is 6.61. The van der Waals surface area contributed by atoms with Crippen LogP contribution in [0.3, 0.4) is 0 Å². The van der Waals surface area contributed by atoms with Crippen LogP contribution >= 0.6 is 0 Å². The van der Waals surface area contributed by atoms with Gasteiger partial charge in [-0.2, -0.15) is 0 Å². The molecule has 1 aliphatic heterocycles. The zero-order chi connectivity index (χ0) is 18.5. The molecule has 0 unspecified atom stereocenters. The quantitative estimate of drug-likeness (QED) is 0.693. The first-order chi connectivity index (χ1) is 12.3. The Bertz CT molecular complexity index is 1060. The van der Waals surface area contributed by atoms with Gasteiger partial charge in [-0.15, -0.1) is 5.10 Å². The van der Waals surface area contributed by atoms with Crippen molar-refractivity contribution in [2.75, 3.05) is 11.5 Å². The van der Waals surface area contributed by atoms with Crippen molar-refractivity contribution in [3.8, 4) is 23.1 Å².